The third-order valence-corrected chi connectivity index (χ3v) is 18.8. The number of esters is 1. The number of carbonyl (C=O) groups excluding carboxylic acids is 3. The molecule has 0 radical (unpaired) electrons. The molecule has 10 nitrogen and oxygen atoms in total. The molecule has 9 atom stereocenters. The van der Waals surface area contributed by atoms with Crippen LogP contribution >= 0.6 is 0 Å². The minimum Gasteiger partial charge on any atom is -0.467 e. The lowest BCUT2D eigenvalue weighted by molar-refractivity contribution is -0.240. The molecule has 0 spiro atoms. The van der Waals surface area contributed by atoms with Crippen LogP contribution in [0.25, 0.3) is 0 Å². The molecule has 0 unspecified atom stereocenters. The number of likely N-dealkylation sites (tertiary alicyclic amines) is 1. The van der Waals surface area contributed by atoms with E-state index in [9.17, 15) is 22.8 Å². The van der Waals surface area contributed by atoms with Gasteiger partial charge in [-0.2, -0.15) is 0 Å². The summed E-state index contributed by atoms with van der Waals surface area (Å²) in [5, 5.41) is 6.59. The fourth-order valence-electron chi connectivity index (χ4n) is 14.2. The van der Waals surface area contributed by atoms with Crippen molar-refractivity contribution in [1.82, 2.24) is 20.4 Å². The van der Waals surface area contributed by atoms with E-state index in [1.54, 1.807) is 18.7 Å². The smallest absolute Gasteiger partial charge is 0.330 e. The maximum atomic E-state index is 13.8. The van der Waals surface area contributed by atoms with Gasteiger partial charge in [-0.05, 0) is 163 Å². The highest BCUT2D eigenvalue weighted by Gasteiger charge is 2.71. The average molecular weight is 773 g/mol. The van der Waals surface area contributed by atoms with Crippen LogP contribution in [0.5, 0.6) is 0 Å². The zero-order valence-corrected chi connectivity index (χ0v) is 35.9. The fraction of sp³-hybridized carbons (Fsp3) is 0.884. The van der Waals surface area contributed by atoms with Crippen molar-refractivity contribution in [1.29, 1.82) is 0 Å². The number of nitrogens with zero attached hydrogens (tertiary/aromatic N) is 2. The minimum atomic E-state index is -2.85. The molecule has 4 aliphatic carbocycles. The van der Waals surface area contributed by atoms with Crippen molar-refractivity contribution in [3.8, 4) is 0 Å². The van der Waals surface area contributed by atoms with Gasteiger partial charge in [-0.15, -0.1) is 0 Å². The van der Waals surface area contributed by atoms with Gasteiger partial charge in [0.15, 0.2) is 9.84 Å². The lowest BCUT2D eigenvalue weighted by Crippen LogP contribution is -2.71. The van der Waals surface area contributed by atoms with Crippen LogP contribution in [-0.2, 0) is 29.0 Å². The Hall–Kier alpha value is -1.98. The monoisotopic (exact) mass is 773 g/mol. The zero-order valence-electron chi connectivity index (χ0n) is 35.1. The Bertz CT molecular complexity index is 1600. The van der Waals surface area contributed by atoms with E-state index in [2.05, 4.69) is 63.7 Å². The molecule has 11 heteroatoms. The maximum Gasteiger partial charge on any atom is 0.330 e. The average Bonchev–Trinajstić information content (AvgIpc) is 3.48. The fourth-order valence-corrected chi connectivity index (χ4v) is 15.4. The summed E-state index contributed by atoms with van der Waals surface area (Å²) in [6.45, 7) is 27.0. The summed E-state index contributed by atoms with van der Waals surface area (Å²) in [4.78, 5) is 43.5. The van der Waals surface area contributed by atoms with E-state index in [1.807, 2.05) is 0 Å². The predicted octanol–water partition coefficient (Wildman–Crippen LogP) is 5.61. The van der Waals surface area contributed by atoms with Crippen molar-refractivity contribution in [2.75, 3.05) is 57.9 Å². The molecule has 2 aliphatic heterocycles. The number of sulfone groups is 1. The Morgan fingerprint density at radius 2 is 1.56 bits per heavy atom. The van der Waals surface area contributed by atoms with Gasteiger partial charge in [-0.1, -0.05) is 32.9 Å². The first-order chi connectivity index (χ1) is 25.1. The molecule has 6 rings (SSSR count). The summed E-state index contributed by atoms with van der Waals surface area (Å²) in [7, 11) is -1.57. The normalized spacial score (nSPS) is 40.0. The molecular weight excluding hydrogens is 701 g/mol. The van der Waals surface area contributed by atoms with Crippen LogP contribution in [0.2, 0.25) is 0 Å². The first kappa shape index (κ1) is 41.6. The third-order valence-electron chi connectivity index (χ3n) is 17.2. The lowest BCUT2D eigenvalue weighted by atomic mass is 9.33. The first-order valence-corrected chi connectivity index (χ1v) is 22.9. The van der Waals surface area contributed by atoms with Crippen molar-refractivity contribution in [3.05, 3.63) is 12.2 Å². The quantitative estimate of drug-likeness (QED) is 0.134. The number of ether oxygens (including phenoxy) is 1. The van der Waals surface area contributed by atoms with Gasteiger partial charge in [0.05, 0.1) is 18.6 Å². The standard InChI is InChI=1S/C43H72N4O6S/c1-29(2)30-14-17-43(28-44-21-11-22-46-24-26-54(51,52)27-25-46)19-18-41(8)31(34(30)43)12-13-33-40(7)20-23-47(39(5,6)32(40)15-16-42(33,41)9)36(49)35(48)45-38(3,4)37(50)53-10/h30-34,44H,1,11-28H2,2-10H3,(H,45,48)/t30-,31+,32-,33+,34+,40-,41+,42+,43+/m0/s1. The van der Waals surface area contributed by atoms with E-state index >= 15 is 0 Å². The van der Waals surface area contributed by atoms with Gasteiger partial charge in [-0.25, -0.2) is 13.2 Å². The van der Waals surface area contributed by atoms with Gasteiger partial charge in [-0.3, -0.25) is 9.59 Å². The highest BCUT2D eigenvalue weighted by Crippen LogP contribution is 2.76. The number of rotatable bonds is 9. The highest BCUT2D eigenvalue weighted by atomic mass is 32.2. The topological polar surface area (TPSA) is 125 Å². The number of hydrogen-bond acceptors (Lipinski definition) is 8. The van der Waals surface area contributed by atoms with Gasteiger partial charge in [0.25, 0.3) is 0 Å². The highest BCUT2D eigenvalue weighted by molar-refractivity contribution is 7.91. The Balaban J connectivity index is 1.17. The maximum absolute atomic E-state index is 13.8. The Kier molecular flexibility index (Phi) is 11.1. The van der Waals surface area contributed by atoms with Crippen LogP contribution in [0.4, 0.5) is 0 Å². The van der Waals surface area contributed by atoms with E-state index in [1.165, 1.54) is 51.2 Å². The number of allylic oxidation sites excluding steroid dienone is 1. The molecule has 6 aliphatic rings. The second-order valence-corrected chi connectivity index (χ2v) is 22.8. The van der Waals surface area contributed by atoms with E-state index in [0.29, 0.717) is 54.8 Å². The number of fused-ring (bicyclic) bond motifs is 7. The SMILES string of the molecule is C=C(C)[C@@H]1CC[C@]2(CNCCCN3CCS(=O)(=O)CC3)CC[C@]3(C)[C@H](CC[C@@H]4[C@@]5(C)CCN(C(=O)C(=O)NC(C)(C)C(=O)OC)C(C)(C)[C@@H]5CC[C@]43C)[C@@H]12. The van der Waals surface area contributed by atoms with Crippen molar-refractivity contribution in [3.63, 3.8) is 0 Å². The summed E-state index contributed by atoms with van der Waals surface area (Å²) < 4.78 is 28.6. The number of nitrogens with one attached hydrogen (secondary N) is 2. The summed E-state index contributed by atoms with van der Waals surface area (Å²) in [5.74, 6) is 1.31. The summed E-state index contributed by atoms with van der Waals surface area (Å²) >= 11 is 0. The van der Waals surface area contributed by atoms with Gasteiger partial charge in [0, 0.05) is 31.7 Å². The summed E-state index contributed by atoms with van der Waals surface area (Å²) in [5.41, 5.74) is 0.262. The van der Waals surface area contributed by atoms with Crippen molar-refractivity contribution in [2.24, 2.45) is 51.2 Å². The molecule has 0 aromatic carbocycles. The molecule has 6 fully saturated rings. The van der Waals surface area contributed by atoms with Crippen LogP contribution in [0.15, 0.2) is 12.2 Å². The largest absolute Gasteiger partial charge is 0.467 e. The molecule has 306 valence electrons. The second-order valence-electron chi connectivity index (χ2n) is 20.5. The van der Waals surface area contributed by atoms with Gasteiger partial charge >= 0.3 is 17.8 Å². The molecule has 2 saturated heterocycles. The van der Waals surface area contributed by atoms with Crippen LogP contribution < -0.4 is 10.6 Å². The molecule has 2 N–H and O–H groups in total. The van der Waals surface area contributed by atoms with Gasteiger partial charge in [0.1, 0.15) is 5.54 Å². The summed E-state index contributed by atoms with van der Waals surface area (Å²) in [6.07, 6.45) is 11.5. The van der Waals surface area contributed by atoms with E-state index in [0.717, 1.165) is 45.3 Å². The summed E-state index contributed by atoms with van der Waals surface area (Å²) in [6, 6.07) is 0. The number of hydrogen-bond donors (Lipinski definition) is 2. The van der Waals surface area contributed by atoms with Crippen molar-refractivity contribution in [2.45, 2.75) is 131 Å². The van der Waals surface area contributed by atoms with Crippen molar-refractivity contribution < 1.29 is 27.5 Å². The van der Waals surface area contributed by atoms with E-state index in [4.69, 9.17) is 4.74 Å². The molecule has 54 heavy (non-hydrogen) atoms. The zero-order chi connectivity index (χ0) is 39.7. The Morgan fingerprint density at radius 3 is 2.20 bits per heavy atom. The number of carbonyl (C=O) groups is 3. The minimum absolute atomic E-state index is 0.0427. The van der Waals surface area contributed by atoms with Crippen LogP contribution in [0.1, 0.15) is 120 Å². The van der Waals surface area contributed by atoms with Crippen LogP contribution in [-0.4, -0.2) is 105 Å². The molecule has 2 heterocycles. The van der Waals surface area contributed by atoms with E-state index in [-0.39, 0.29) is 27.6 Å². The van der Waals surface area contributed by atoms with Gasteiger partial charge < -0.3 is 25.2 Å². The van der Waals surface area contributed by atoms with Gasteiger partial charge in [0.2, 0.25) is 0 Å². The van der Waals surface area contributed by atoms with Crippen LogP contribution in [0, 0.1) is 51.2 Å². The Labute approximate surface area is 326 Å². The molecule has 0 aromatic heterocycles. The number of piperidine rings is 1. The number of amides is 2. The lowest BCUT2D eigenvalue weighted by Gasteiger charge is -2.73. The van der Waals surface area contributed by atoms with E-state index < -0.39 is 38.7 Å². The molecule has 0 bridgehead atoms. The molecule has 2 amide bonds. The van der Waals surface area contributed by atoms with Crippen molar-refractivity contribution >= 4 is 27.6 Å². The Morgan fingerprint density at radius 1 is 0.870 bits per heavy atom. The predicted molar refractivity (Wildman–Crippen MR) is 213 cm³/mol. The molecular formula is C43H72N4O6S. The second kappa shape index (κ2) is 14.4. The molecule has 0 aromatic rings. The van der Waals surface area contributed by atoms with Crippen LogP contribution in [0.3, 0.4) is 0 Å². The third kappa shape index (κ3) is 6.79. The first-order valence-electron chi connectivity index (χ1n) is 21.1. The molecule has 4 saturated carbocycles. The number of methoxy groups -OCH3 is 1.